The maximum atomic E-state index is 12.6. The fraction of sp³-hybridized carbons (Fsp3) is 0.929. The summed E-state index contributed by atoms with van der Waals surface area (Å²) in [7, 11) is 3.88. The fourth-order valence-corrected chi connectivity index (χ4v) is 2.62. The Kier molecular flexibility index (Phi) is 5.17. The fourth-order valence-electron chi connectivity index (χ4n) is 2.62. The van der Waals surface area contributed by atoms with Gasteiger partial charge < -0.3 is 10.2 Å². The number of likely N-dealkylation sites (N-methyl/N-ethyl adjacent to an activating group) is 1. The van der Waals surface area contributed by atoms with Crippen molar-refractivity contribution >= 4 is 5.91 Å². The number of nitrogens with one attached hydrogen (secondary N) is 1. The molecule has 0 radical (unpaired) electrons. The number of rotatable bonds is 3. The van der Waals surface area contributed by atoms with Crippen LogP contribution < -0.4 is 5.32 Å². The van der Waals surface area contributed by atoms with Gasteiger partial charge in [-0.1, -0.05) is 0 Å². The normalized spacial score (nSPS) is 27.4. The first-order valence-corrected chi connectivity index (χ1v) is 6.97. The Hall–Kier alpha value is -0.610. The van der Waals surface area contributed by atoms with Gasteiger partial charge in [0.2, 0.25) is 5.91 Å². The molecule has 1 aliphatic rings. The van der Waals surface area contributed by atoms with Crippen LogP contribution >= 0.6 is 0 Å². The quantitative estimate of drug-likeness (QED) is 0.826. The molecule has 0 saturated carbocycles. The number of carbonyl (C=O) groups is 1. The molecule has 1 saturated heterocycles. The van der Waals surface area contributed by atoms with Gasteiger partial charge in [0.05, 0.1) is 6.04 Å². The first-order chi connectivity index (χ1) is 8.29. The Morgan fingerprint density at radius 2 is 2.00 bits per heavy atom. The second-order valence-corrected chi connectivity index (χ2v) is 6.36. The van der Waals surface area contributed by atoms with Crippen LogP contribution in [0.15, 0.2) is 0 Å². The number of nitrogens with zero attached hydrogens (tertiary/aromatic N) is 2. The highest BCUT2D eigenvalue weighted by Gasteiger charge is 2.38. The summed E-state index contributed by atoms with van der Waals surface area (Å²) in [6, 6.07) is 0.342. The second-order valence-electron chi connectivity index (χ2n) is 6.36. The van der Waals surface area contributed by atoms with Gasteiger partial charge in [0.25, 0.3) is 0 Å². The summed E-state index contributed by atoms with van der Waals surface area (Å²) in [5.74, 6) is 0.269. The third-order valence-corrected chi connectivity index (χ3v) is 3.99. The summed E-state index contributed by atoms with van der Waals surface area (Å²) in [5.41, 5.74) is 0.0406. The predicted octanol–water partition coefficient (Wildman–Crippen LogP) is 1.32. The van der Waals surface area contributed by atoms with Crippen molar-refractivity contribution in [3.8, 4) is 0 Å². The first-order valence-electron chi connectivity index (χ1n) is 6.97. The molecule has 1 amide bonds. The van der Waals surface area contributed by atoms with Crippen LogP contribution in [0, 0.1) is 0 Å². The van der Waals surface area contributed by atoms with Crippen LogP contribution in [0.25, 0.3) is 0 Å². The van der Waals surface area contributed by atoms with E-state index < -0.39 is 0 Å². The first kappa shape index (κ1) is 15.4. The Labute approximate surface area is 112 Å². The zero-order valence-electron chi connectivity index (χ0n) is 12.8. The van der Waals surface area contributed by atoms with E-state index in [1.807, 2.05) is 19.0 Å². The van der Waals surface area contributed by atoms with Crippen molar-refractivity contribution in [3.05, 3.63) is 0 Å². The van der Waals surface area contributed by atoms with Crippen molar-refractivity contribution < 1.29 is 4.79 Å². The lowest BCUT2D eigenvalue weighted by Gasteiger charge is -2.40. The lowest BCUT2D eigenvalue weighted by Crippen LogP contribution is -2.53. The largest absolute Gasteiger partial charge is 0.342 e. The van der Waals surface area contributed by atoms with Crippen LogP contribution in [0.3, 0.4) is 0 Å². The summed E-state index contributed by atoms with van der Waals surface area (Å²) in [4.78, 5) is 16.9. The Bertz CT molecular complexity index is 285. The van der Waals surface area contributed by atoms with Gasteiger partial charge in [-0.25, -0.2) is 0 Å². The summed E-state index contributed by atoms with van der Waals surface area (Å²) < 4.78 is 0. The van der Waals surface area contributed by atoms with Crippen molar-refractivity contribution in [2.45, 2.75) is 58.2 Å². The summed E-state index contributed by atoms with van der Waals surface area (Å²) in [6.45, 7) is 10.6. The molecule has 4 nitrogen and oxygen atoms in total. The van der Waals surface area contributed by atoms with Gasteiger partial charge in [-0.15, -0.1) is 0 Å². The van der Waals surface area contributed by atoms with Crippen LogP contribution in [0.5, 0.6) is 0 Å². The monoisotopic (exact) mass is 255 g/mol. The Balaban J connectivity index is 2.95. The van der Waals surface area contributed by atoms with E-state index in [1.54, 1.807) is 0 Å². The van der Waals surface area contributed by atoms with E-state index >= 15 is 0 Å². The minimum atomic E-state index is 0.00685. The van der Waals surface area contributed by atoms with E-state index in [9.17, 15) is 4.79 Å². The molecule has 1 N–H and O–H groups in total. The molecule has 0 aromatic rings. The van der Waals surface area contributed by atoms with Gasteiger partial charge >= 0.3 is 0 Å². The second kappa shape index (κ2) is 6.02. The molecular weight excluding hydrogens is 226 g/mol. The predicted molar refractivity (Wildman–Crippen MR) is 75.6 cm³/mol. The highest BCUT2D eigenvalue weighted by Crippen LogP contribution is 2.25. The summed E-state index contributed by atoms with van der Waals surface area (Å²) in [6.07, 6.45) is 1.93. The molecule has 0 aromatic carbocycles. The van der Waals surface area contributed by atoms with Gasteiger partial charge in [0, 0.05) is 25.2 Å². The van der Waals surface area contributed by atoms with E-state index in [4.69, 9.17) is 0 Å². The molecule has 1 fully saturated rings. The zero-order valence-corrected chi connectivity index (χ0v) is 12.8. The molecule has 4 heteroatoms. The van der Waals surface area contributed by atoms with Crippen molar-refractivity contribution in [2.24, 2.45) is 0 Å². The van der Waals surface area contributed by atoms with Crippen LogP contribution in [0.4, 0.5) is 0 Å². The topological polar surface area (TPSA) is 35.6 Å². The van der Waals surface area contributed by atoms with Crippen LogP contribution in [0.2, 0.25) is 0 Å². The molecule has 1 aliphatic heterocycles. The minimum absolute atomic E-state index is 0.00685. The van der Waals surface area contributed by atoms with Crippen molar-refractivity contribution in [3.63, 3.8) is 0 Å². The van der Waals surface area contributed by atoms with Crippen molar-refractivity contribution in [2.75, 3.05) is 27.2 Å². The molecule has 2 atom stereocenters. The van der Waals surface area contributed by atoms with Crippen LogP contribution in [-0.2, 0) is 4.79 Å². The number of hydrogen-bond acceptors (Lipinski definition) is 3. The van der Waals surface area contributed by atoms with E-state index in [1.165, 1.54) is 0 Å². The standard InChI is InChI=1S/C14H29N3O/c1-11-8-10-17(14(2,3)4)12(7-9-15-5)13(18)16(11)6/h11-12,15H,7-10H2,1-6H3. The maximum Gasteiger partial charge on any atom is 0.239 e. The molecule has 0 spiro atoms. The third-order valence-electron chi connectivity index (χ3n) is 3.99. The van der Waals surface area contributed by atoms with E-state index in [-0.39, 0.29) is 17.5 Å². The molecule has 1 heterocycles. The van der Waals surface area contributed by atoms with Crippen molar-refractivity contribution in [1.29, 1.82) is 0 Å². The van der Waals surface area contributed by atoms with E-state index in [0.717, 1.165) is 25.9 Å². The Morgan fingerprint density at radius 3 is 2.50 bits per heavy atom. The SMILES string of the molecule is CNCCC1C(=O)N(C)C(C)CCN1C(C)(C)C. The smallest absolute Gasteiger partial charge is 0.239 e. The molecule has 106 valence electrons. The summed E-state index contributed by atoms with van der Waals surface area (Å²) >= 11 is 0. The van der Waals surface area contributed by atoms with Gasteiger partial charge in [0.15, 0.2) is 0 Å². The van der Waals surface area contributed by atoms with Crippen LogP contribution in [-0.4, -0.2) is 60.5 Å². The highest BCUT2D eigenvalue weighted by atomic mass is 16.2. The van der Waals surface area contributed by atoms with Gasteiger partial charge in [-0.05, 0) is 54.1 Å². The van der Waals surface area contributed by atoms with Gasteiger partial charge in [-0.2, -0.15) is 0 Å². The molecule has 0 aliphatic carbocycles. The summed E-state index contributed by atoms with van der Waals surface area (Å²) in [5, 5.41) is 3.16. The van der Waals surface area contributed by atoms with Gasteiger partial charge in [0.1, 0.15) is 0 Å². The van der Waals surface area contributed by atoms with E-state index in [2.05, 4.69) is 37.9 Å². The zero-order chi connectivity index (χ0) is 13.9. The average molecular weight is 255 g/mol. The maximum absolute atomic E-state index is 12.6. The average Bonchev–Trinajstić information content (AvgIpc) is 2.38. The molecule has 0 bridgehead atoms. The molecular formula is C14H29N3O. The number of carbonyl (C=O) groups excluding carboxylic acids is 1. The molecule has 2 unspecified atom stereocenters. The van der Waals surface area contributed by atoms with Crippen LogP contribution in [0.1, 0.15) is 40.5 Å². The lowest BCUT2D eigenvalue weighted by atomic mass is 10.0. The lowest BCUT2D eigenvalue weighted by molar-refractivity contribution is -0.137. The van der Waals surface area contributed by atoms with Gasteiger partial charge in [-0.3, -0.25) is 9.69 Å². The van der Waals surface area contributed by atoms with Crippen molar-refractivity contribution in [1.82, 2.24) is 15.1 Å². The Morgan fingerprint density at radius 1 is 1.39 bits per heavy atom. The van der Waals surface area contributed by atoms with E-state index in [0.29, 0.717) is 6.04 Å². The molecule has 1 rings (SSSR count). The minimum Gasteiger partial charge on any atom is -0.342 e. The number of amides is 1. The number of hydrogen-bond donors (Lipinski definition) is 1. The molecule has 18 heavy (non-hydrogen) atoms. The third kappa shape index (κ3) is 3.45. The molecule has 0 aromatic heterocycles. The highest BCUT2D eigenvalue weighted by molar-refractivity contribution is 5.82.